The van der Waals surface area contributed by atoms with Crippen molar-refractivity contribution < 1.29 is 9.53 Å². The minimum atomic E-state index is -0.301. The maximum absolute atomic E-state index is 11.6. The average Bonchev–Trinajstić information content (AvgIpc) is 2.95. The molecule has 108 valence electrons. The van der Waals surface area contributed by atoms with Crippen molar-refractivity contribution in [2.45, 2.75) is 25.8 Å². The lowest BCUT2D eigenvalue weighted by atomic mass is 9.93. The molecule has 0 aromatic carbocycles. The Bertz CT molecular complexity index is 475. The first kappa shape index (κ1) is 13.4. The Morgan fingerprint density at radius 2 is 2.40 bits per heavy atom. The number of piperidine rings is 1. The van der Waals surface area contributed by atoms with Crippen LogP contribution < -0.4 is 10.2 Å². The zero-order valence-corrected chi connectivity index (χ0v) is 11.8. The van der Waals surface area contributed by atoms with Crippen LogP contribution in [0.3, 0.4) is 0 Å². The SMILES string of the molecule is CCOC(=O)c1ccc(N2CCC3NCCC3C2)nc1. The van der Waals surface area contributed by atoms with Crippen molar-refractivity contribution in [3.8, 4) is 0 Å². The van der Waals surface area contributed by atoms with Crippen molar-refractivity contribution in [2.24, 2.45) is 5.92 Å². The van der Waals surface area contributed by atoms with Crippen LogP contribution in [0.5, 0.6) is 0 Å². The molecule has 1 aromatic heterocycles. The van der Waals surface area contributed by atoms with Crippen LogP contribution in [0.2, 0.25) is 0 Å². The molecule has 0 amide bonds. The number of hydrogen-bond donors (Lipinski definition) is 1. The molecular weight excluding hydrogens is 254 g/mol. The number of nitrogens with one attached hydrogen (secondary N) is 1. The second kappa shape index (κ2) is 5.79. The highest BCUT2D eigenvalue weighted by Gasteiger charge is 2.32. The molecule has 2 aliphatic heterocycles. The van der Waals surface area contributed by atoms with E-state index in [4.69, 9.17) is 4.74 Å². The van der Waals surface area contributed by atoms with E-state index >= 15 is 0 Å². The molecule has 1 aromatic rings. The number of anilines is 1. The molecule has 5 nitrogen and oxygen atoms in total. The molecule has 0 spiro atoms. The highest BCUT2D eigenvalue weighted by Crippen LogP contribution is 2.27. The summed E-state index contributed by atoms with van der Waals surface area (Å²) in [5.41, 5.74) is 0.521. The van der Waals surface area contributed by atoms with Gasteiger partial charge in [-0.3, -0.25) is 0 Å². The van der Waals surface area contributed by atoms with Gasteiger partial charge in [0.05, 0.1) is 12.2 Å². The Hall–Kier alpha value is -1.62. The van der Waals surface area contributed by atoms with Gasteiger partial charge in [-0.25, -0.2) is 9.78 Å². The molecule has 0 radical (unpaired) electrons. The molecular formula is C15H21N3O2. The van der Waals surface area contributed by atoms with E-state index in [-0.39, 0.29) is 5.97 Å². The number of rotatable bonds is 3. The van der Waals surface area contributed by atoms with Gasteiger partial charge in [0.15, 0.2) is 0 Å². The van der Waals surface area contributed by atoms with Crippen molar-refractivity contribution in [3.63, 3.8) is 0 Å². The van der Waals surface area contributed by atoms with Crippen LogP contribution in [0.4, 0.5) is 5.82 Å². The Labute approximate surface area is 119 Å². The number of ether oxygens (including phenoxy) is 1. The second-order valence-corrected chi connectivity index (χ2v) is 5.47. The monoisotopic (exact) mass is 275 g/mol. The molecule has 2 atom stereocenters. The minimum absolute atomic E-state index is 0.301. The van der Waals surface area contributed by atoms with Crippen LogP contribution in [0.1, 0.15) is 30.1 Å². The van der Waals surface area contributed by atoms with Gasteiger partial charge in [0.1, 0.15) is 5.82 Å². The van der Waals surface area contributed by atoms with Crippen molar-refractivity contribution in [1.82, 2.24) is 10.3 Å². The number of carbonyl (C=O) groups excluding carboxylic acids is 1. The molecule has 0 bridgehead atoms. The van der Waals surface area contributed by atoms with Gasteiger partial charge in [-0.1, -0.05) is 0 Å². The number of nitrogens with zero attached hydrogens (tertiary/aromatic N) is 2. The predicted octanol–water partition coefficient (Wildman–Crippen LogP) is 1.45. The Balaban J connectivity index is 1.67. The van der Waals surface area contributed by atoms with E-state index in [1.54, 1.807) is 19.2 Å². The number of aromatic nitrogens is 1. The van der Waals surface area contributed by atoms with Gasteiger partial charge in [0.25, 0.3) is 0 Å². The van der Waals surface area contributed by atoms with E-state index in [0.717, 1.165) is 31.4 Å². The van der Waals surface area contributed by atoms with Gasteiger partial charge < -0.3 is 15.0 Å². The smallest absolute Gasteiger partial charge is 0.339 e. The molecule has 3 rings (SSSR count). The van der Waals surface area contributed by atoms with Crippen LogP contribution in [-0.4, -0.2) is 43.2 Å². The Kier molecular flexibility index (Phi) is 3.87. The summed E-state index contributed by atoms with van der Waals surface area (Å²) in [6.45, 7) is 5.42. The second-order valence-electron chi connectivity index (χ2n) is 5.47. The van der Waals surface area contributed by atoms with Gasteiger partial charge in [0, 0.05) is 25.3 Å². The highest BCUT2D eigenvalue weighted by atomic mass is 16.5. The van der Waals surface area contributed by atoms with Gasteiger partial charge >= 0.3 is 5.97 Å². The Morgan fingerprint density at radius 1 is 1.50 bits per heavy atom. The van der Waals surface area contributed by atoms with Crippen molar-refractivity contribution in [1.29, 1.82) is 0 Å². The normalized spacial score (nSPS) is 25.4. The Morgan fingerprint density at radius 3 is 3.15 bits per heavy atom. The lowest BCUT2D eigenvalue weighted by molar-refractivity contribution is 0.0526. The summed E-state index contributed by atoms with van der Waals surface area (Å²) in [4.78, 5) is 18.3. The zero-order valence-electron chi connectivity index (χ0n) is 11.8. The number of carbonyl (C=O) groups is 1. The van der Waals surface area contributed by atoms with E-state index < -0.39 is 0 Å². The lowest BCUT2D eigenvalue weighted by Gasteiger charge is -2.35. The van der Waals surface area contributed by atoms with E-state index in [1.165, 1.54) is 12.8 Å². The van der Waals surface area contributed by atoms with Crippen molar-refractivity contribution >= 4 is 11.8 Å². The number of hydrogen-bond acceptors (Lipinski definition) is 5. The van der Waals surface area contributed by atoms with Gasteiger partial charge in [-0.05, 0) is 44.4 Å². The summed E-state index contributed by atoms with van der Waals surface area (Å²) in [5, 5.41) is 3.56. The molecule has 0 aliphatic carbocycles. The van der Waals surface area contributed by atoms with E-state index in [1.807, 2.05) is 6.07 Å². The number of fused-ring (bicyclic) bond motifs is 1. The fourth-order valence-corrected chi connectivity index (χ4v) is 3.16. The molecule has 1 N–H and O–H groups in total. The van der Waals surface area contributed by atoms with Gasteiger partial charge in [0.2, 0.25) is 0 Å². The van der Waals surface area contributed by atoms with E-state index in [2.05, 4.69) is 15.2 Å². The van der Waals surface area contributed by atoms with Crippen molar-refractivity contribution in [2.75, 3.05) is 31.1 Å². The maximum Gasteiger partial charge on any atom is 0.339 e. The molecule has 3 heterocycles. The molecule has 0 saturated carbocycles. The third-order valence-corrected chi connectivity index (χ3v) is 4.24. The summed E-state index contributed by atoms with van der Waals surface area (Å²) in [5.74, 6) is 1.39. The largest absolute Gasteiger partial charge is 0.462 e. The molecule has 2 aliphatic rings. The third kappa shape index (κ3) is 2.63. The first-order valence-electron chi connectivity index (χ1n) is 7.39. The summed E-state index contributed by atoms with van der Waals surface area (Å²) in [6, 6.07) is 4.42. The first-order chi connectivity index (χ1) is 9.78. The fourth-order valence-electron chi connectivity index (χ4n) is 3.16. The molecule has 2 unspecified atom stereocenters. The summed E-state index contributed by atoms with van der Waals surface area (Å²) in [7, 11) is 0. The topological polar surface area (TPSA) is 54.5 Å². The highest BCUT2D eigenvalue weighted by molar-refractivity contribution is 5.89. The van der Waals surface area contributed by atoms with Crippen LogP contribution >= 0.6 is 0 Å². The zero-order chi connectivity index (χ0) is 13.9. The van der Waals surface area contributed by atoms with E-state index in [9.17, 15) is 4.79 Å². The quantitative estimate of drug-likeness (QED) is 0.846. The minimum Gasteiger partial charge on any atom is -0.462 e. The summed E-state index contributed by atoms with van der Waals surface area (Å²) in [6.07, 6.45) is 4.04. The molecule has 20 heavy (non-hydrogen) atoms. The predicted molar refractivity (Wildman–Crippen MR) is 76.9 cm³/mol. The summed E-state index contributed by atoms with van der Waals surface area (Å²) >= 11 is 0. The van der Waals surface area contributed by atoms with Crippen molar-refractivity contribution in [3.05, 3.63) is 23.9 Å². The van der Waals surface area contributed by atoms with Crippen LogP contribution in [0.25, 0.3) is 0 Å². The lowest BCUT2D eigenvalue weighted by Crippen LogP contribution is -2.44. The average molecular weight is 275 g/mol. The van der Waals surface area contributed by atoms with Crippen LogP contribution in [-0.2, 0) is 4.74 Å². The summed E-state index contributed by atoms with van der Waals surface area (Å²) < 4.78 is 4.97. The fraction of sp³-hybridized carbons (Fsp3) is 0.600. The number of esters is 1. The maximum atomic E-state index is 11.6. The number of pyridine rings is 1. The first-order valence-corrected chi connectivity index (χ1v) is 7.39. The molecule has 2 fully saturated rings. The van der Waals surface area contributed by atoms with Crippen LogP contribution in [0, 0.1) is 5.92 Å². The van der Waals surface area contributed by atoms with Gasteiger partial charge in [-0.2, -0.15) is 0 Å². The molecule has 2 saturated heterocycles. The molecule has 5 heteroatoms. The van der Waals surface area contributed by atoms with Gasteiger partial charge in [-0.15, -0.1) is 0 Å². The van der Waals surface area contributed by atoms with E-state index in [0.29, 0.717) is 18.2 Å². The standard InChI is InChI=1S/C15H21N3O2/c1-2-20-15(19)11-3-4-14(17-9-11)18-8-6-13-12(10-18)5-7-16-13/h3-4,9,12-13,16H,2,5-8,10H2,1H3. The van der Waals surface area contributed by atoms with Crippen LogP contribution in [0.15, 0.2) is 18.3 Å². The third-order valence-electron chi connectivity index (χ3n) is 4.24.